The van der Waals surface area contributed by atoms with Crippen molar-refractivity contribution in [3.63, 3.8) is 0 Å². The van der Waals surface area contributed by atoms with Crippen molar-refractivity contribution >= 4 is 18.3 Å². The number of amides is 1. The van der Waals surface area contributed by atoms with E-state index in [1.54, 1.807) is 0 Å². The molecule has 0 spiro atoms. The van der Waals surface area contributed by atoms with Gasteiger partial charge < -0.3 is 10.6 Å². The van der Waals surface area contributed by atoms with Gasteiger partial charge in [-0.15, -0.1) is 12.4 Å². The Balaban J connectivity index is 0.000000980. The summed E-state index contributed by atoms with van der Waals surface area (Å²) in [5.41, 5.74) is 0. The highest BCUT2D eigenvalue weighted by atomic mass is 35.5. The predicted molar refractivity (Wildman–Crippen MR) is 54.3 cm³/mol. The van der Waals surface area contributed by atoms with Gasteiger partial charge in [-0.3, -0.25) is 4.79 Å². The Morgan fingerprint density at radius 1 is 1.43 bits per heavy atom. The van der Waals surface area contributed by atoms with Crippen molar-refractivity contribution in [3.8, 4) is 0 Å². The van der Waals surface area contributed by atoms with Crippen LogP contribution < -0.4 is 10.6 Å². The van der Waals surface area contributed by atoms with Crippen molar-refractivity contribution < 1.29 is 9.18 Å². The van der Waals surface area contributed by atoms with E-state index in [1.165, 1.54) is 6.42 Å². The largest absolute Gasteiger partial charge is 0.352 e. The van der Waals surface area contributed by atoms with Crippen molar-refractivity contribution in [1.82, 2.24) is 10.6 Å². The lowest BCUT2D eigenvalue weighted by atomic mass is 9.93. The minimum atomic E-state index is -0.850. The average molecular weight is 223 g/mol. The zero-order chi connectivity index (χ0) is 9.26. The van der Waals surface area contributed by atoms with Crippen molar-refractivity contribution in [1.29, 1.82) is 0 Å². The summed E-state index contributed by atoms with van der Waals surface area (Å²) in [7, 11) is 0. The summed E-state index contributed by atoms with van der Waals surface area (Å²) in [5, 5.41) is 5.78. The van der Waals surface area contributed by atoms with Gasteiger partial charge in [-0.1, -0.05) is 0 Å². The van der Waals surface area contributed by atoms with Crippen LogP contribution in [0.2, 0.25) is 0 Å². The number of alkyl halides is 1. The van der Waals surface area contributed by atoms with E-state index in [4.69, 9.17) is 0 Å². The lowest BCUT2D eigenvalue weighted by molar-refractivity contribution is -0.124. The van der Waals surface area contributed by atoms with Crippen LogP contribution in [0.25, 0.3) is 0 Å². The van der Waals surface area contributed by atoms with Gasteiger partial charge in [0.2, 0.25) is 5.91 Å². The third-order valence-corrected chi connectivity index (χ3v) is 2.85. The number of carbonyl (C=O) groups is 1. The summed E-state index contributed by atoms with van der Waals surface area (Å²) in [6.07, 6.45) is 2.85. The number of nitrogens with one attached hydrogen (secondary N) is 2. The number of halogens is 2. The molecule has 2 rings (SSSR count). The average Bonchev–Trinajstić information content (AvgIpc) is 2.44. The standard InChI is InChI=1S/C9H15FN2O.ClH/c10-6-4-8(11-5-6)9(13)12-7-2-1-3-7;/h6-8,11H,1-5H2,(H,12,13);1H/t6-,8+;/m1./s1. The molecule has 0 aromatic heterocycles. The van der Waals surface area contributed by atoms with Gasteiger partial charge >= 0.3 is 0 Å². The molecule has 2 aliphatic rings. The van der Waals surface area contributed by atoms with E-state index in [9.17, 15) is 9.18 Å². The number of hydrogen-bond donors (Lipinski definition) is 2. The minimum Gasteiger partial charge on any atom is -0.352 e. The van der Waals surface area contributed by atoms with Crippen molar-refractivity contribution in [2.45, 2.75) is 43.9 Å². The van der Waals surface area contributed by atoms with Gasteiger partial charge in [0.15, 0.2) is 0 Å². The molecular formula is C9H16ClFN2O. The molecule has 0 aromatic carbocycles. The van der Waals surface area contributed by atoms with Crippen LogP contribution in [-0.4, -0.2) is 30.7 Å². The second kappa shape index (κ2) is 4.94. The first-order valence-electron chi connectivity index (χ1n) is 4.93. The Morgan fingerprint density at radius 2 is 2.14 bits per heavy atom. The molecule has 1 aliphatic heterocycles. The lowest BCUT2D eigenvalue weighted by Gasteiger charge is -2.27. The summed E-state index contributed by atoms with van der Waals surface area (Å²) >= 11 is 0. The summed E-state index contributed by atoms with van der Waals surface area (Å²) in [5.74, 6) is -0.0233. The number of hydrogen-bond acceptors (Lipinski definition) is 2. The lowest BCUT2D eigenvalue weighted by Crippen LogP contribution is -2.47. The molecule has 1 heterocycles. The molecule has 2 atom stereocenters. The molecule has 1 amide bonds. The Kier molecular flexibility index (Phi) is 4.13. The van der Waals surface area contributed by atoms with Crippen LogP contribution in [0.3, 0.4) is 0 Å². The van der Waals surface area contributed by atoms with E-state index in [2.05, 4.69) is 10.6 Å². The highest BCUT2D eigenvalue weighted by Crippen LogP contribution is 2.19. The quantitative estimate of drug-likeness (QED) is 0.725. The molecule has 2 N–H and O–H groups in total. The maximum atomic E-state index is 12.7. The summed E-state index contributed by atoms with van der Waals surface area (Å²) < 4.78 is 12.7. The molecule has 0 unspecified atom stereocenters. The normalized spacial score (nSPS) is 31.8. The maximum absolute atomic E-state index is 12.7. The smallest absolute Gasteiger partial charge is 0.237 e. The van der Waals surface area contributed by atoms with E-state index in [0.29, 0.717) is 19.0 Å². The monoisotopic (exact) mass is 222 g/mol. The fourth-order valence-electron chi connectivity index (χ4n) is 1.75. The highest BCUT2D eigenvalue weighted by molar-refractivity contribution is 5.85. The first kappa shape index (κ1) is 11.7. The second-order valence-corrected chi connectivity index (χ2v) is 3.93. The zero-order valence-corrected chi connectivity index (χ0v) is 8.78. The Bertz CT molecular complexity index is 211. The van der Waals surface area contributed by atoms with Gasteiger partial charge in [-0.25, -0.2) is 4.39 Å². The molecule has 0 radical (unpaired) electrons. The van der Waals surface area contributed by atoms with Crippen molar-refractivity contribution in [3.05, 3.63) is 0 Å². The van der Waals surface area contributed by atoms with Crippen molar-refractivity contribution in [2.24, 2.45) is 0 Å². The molecule has 14 heavy (non-hydrogen) atoms. The van der Waals surface area contributed by atoms with Gasteiger partial charge in [-0.05, 0) is 19.3 Å². The summed E-state index contributed by atoms with van der Waals surface area (Å²) in [6, 6.07) is 0.0589. The van der Waals surface area contributed by atoms with Gasteiger partial charge in [0.25, 0.3) is 0 Å². The molecule has 0 bridgehead atoms. The van der Waals surface area contributed by atoms with Gasteiger partial charge in [0.05, 0.1) is 6.04 Å². The molecule has 1 aliphatic carbocycles. The summed E-state index contributed by atoms with van der Waals surface area (Å²) in [4.78, 5) is 11.5. The Labute approximate surface area is 89.2 Å². The molecule has 1 saturated heterocycles. The fourth-order valence-corrected chi connectivity index (χ4v) is 1.75. The third-order valence-electron chi connectivity index (χ3n) is 2.85. The molecule has 82 valence electrons. The SMILES string of the molecule is Cl.O=C(NC1CCC1)[C@@H]1C[C@@H](F)CN1. The Hall–Kier alpha value is -0.350. The van der Waals surface area contributed by atoms with E-state index in [0.717, 1.165) is 12.8 Å². The van der Waals surface area contributed by atoms with Gasteiger partial charge in [-0.2, -0.15) is 0 Å². The van der Waals surface area contributed by atoms with E-state index in [-0.39, 0.29) is 24.4 Å². The third kappa shape index (κ3) is 2.58. The first-order chi connectivity index (χ1) is 6.25. The van der Waals surface area contributed by atoms with Crippen LogP contribution in [0.15, 0.2) is 0 Å². The van der Waals surface area contributed by atoms with E-state index in [1.807, 2.05) is 0 Å². The van der Waals surface area contributed by atoms with E-state index < -0.39 is 6.17 Å². The molecule has 5 heteroatoms. The van der Waals surface area contributed by atoms with Crippen LogP contribution in [0.4, 0.5) is 4.39 Å². The molecular weight excluding hydrogens is 207 g/mol. The maximum Gasteiger partial charge on any atom is 0.237 e. The van der Waals surface area contributed by atoms with Crippen molar-refractivity contribution in [2.75, 3.05) is 6.54 Å². The van der Waals surface area contributed by atoms with Crippen LogP contribution in [0.1, 0.15) is 25.7 Å². The minimum absolute atomic E-state index is 0. The first-order valence-corrected chi connectivity index (χ1v) is 4.93. The van der Waals surface area contributed by atoms with Crippen LogP contribution in [-0.2, 0) is 4.79 Å². The second-order valence-electron chi connectivity index (χ2n) is 3.93. The Morgan fingerprint density at radius 3 is 2.57 bits per heavy atom. The van der Waals surface area contributed by atoms with Gasteiger partial charge in [0, 0.05) is 19.0 Å². The molecule has 1 saturated carbocycles. The van der Waals surface area contributed by atoms with Gasteiger partial charge in [0.1, 0.15) is 6.17 Å². The van der Waals surface area contributed by atoms with Crippen LogP contribution in [0.5, 0.6) is 0 Å². The highest BCUT2D eigenvalue weighted by Gasteiger charge is 2.31. The zero-order valence-electron chi connectivity index (χ0n) is 7.96. The van der Waals surface area contributed by atoms with Crippen LogP contribution >= 0.6 is 12.4 Å². The predicted octanol–water partition coefficient (Wildman–Crippen LogP) is 0.777. The molecule has 3 nitrogen and oxygen atoms in total. The van der Waals surface area contributed by atoms with Crippen LogP contribution in [0, 0.1) is 0 Å². The fraction of sp³-hybridized carbons (Fsp3) is 0.889. The number of rotatable bonds is 2. The van der Waals surface area contributed by atoms with E-state index >= 15 is 0 Å². The topological polar surface area (TPSA) is 41.1 Å². The number of carbonyl (C=O) groups excluding carboxylic acids is 1. The molecule has 2 fully saturated rings. The summed E-state index contributed by atoms with van der Waals surface area (Å²) in [6.45, 7) is 0.322. The molecule has 0 aromatic rings.